The zero-order chi connectivity index (χ0) is 15.9. The molecule has 0 heterocycles. The van der Waals surface area contributed by atoms with E-state index in [1.165, 1.54) is 5.56 Å². The Morgan fingerprint density at radius 1 is 1.18 bits per heavy atom. The van der Waals surface area contributed by atoms with E-state index in [0.717, 1.165) is 19.3 Å². The molecule has 1 aliphatic rings. The first-order valence-corrected chi connectivity index (χ1v) is 8.23. The molecule has 3 atom stereocenters. The van der Waals surface area contributed by atoms with Gasteiger partial charge in [-0.25, -0.2) is 0 Å². The molecule has 1 fully saturated rings. The minimum atomic E-state index is -0.124. The largest absolute Gasteiger partial charge is 0.356 e. The van der Waals surface area contributed by atoms with Gasteiger partial charge in [0.2, 0.25) is 11.8 Å². The Morgan fingerprint density at radius 3 is 2.55 bits per heavy atom. The fourth-order valence-corrected chi connectivity index (χ4v) is 2.51. The van der Waals surface area contributed by atoms with Crippen LogP contribution in [0.1, 0.15) is 38.7 Å². The summed E-state index contributed by atoms with van der Waals surface area (Å²) in [5.41, 5.74) is 1.29. The number of hydrogen-bond donors (Lipinski definition) is 2. The van der Waals surface area contributed by atoms with Gasteiger partial charge in [0.05, 0.1) is 11.8 Å². The van der Waals surface area contributed by atoms with Gasteiger partial charge in [-0.15, -0.1) is 0 Å². The van der Waals surface area contributed by atoms with Crippen molar-refractivity contribution in [1.29, 1.82) is 0 Å². The summed E-state index contributed by atoms with van der Waals surface area (Å²) in [4.78, 5) is 23.9. The second-order valence-corrected chi connectivity index (χ2v) is 6.15. The van der Waals surface area contributed by atoms with Crippen molar-refractivity contribution in [2.45, 2.75) is 45.6 Å². The number of hydrogen-bond acceptors (Lipinski definition) is 2. The summed E-state index contributed by atoms with van der Waals surface area (Å²) in [5, 5.41) is 5.89. The van der Waals surface area contributed by atoms with Crippen molar-refractivity contribution >= 4 is 11.8 Å². The molecule has 1 aliphatic carbocycles. The third-order valence-electron chi connectivity index (χ3n) is 4.25. The number of rotatable bonds is 8. The molecule has 0 saturated heterocycles. The molecule has 2 amide bonds. The van der Waals surface area contributed by atoms with Gasteiger partial charge in [-0.2, -0.15) is 0 Å². The predicted molar refractivity (Wildman–Crippen MR) is 87.3 cm³/mol. The zero-order valence-corrected chi connectivity index (χ0v) is 13.5. The lowest BCUT2D eigenvalue weighted by molar-refractivity contribution is -0.127. The average Bonchev–Trinajstić information content (AvgIpc) is 3.33. The summed E-state index contributed by atoms with van der Waals surface area (Å²) in [6.07, 6.45) is 3.48. The summed E-state index contributed by atoms with van der Waals surface area (Å²) in [6.45, 7) is 4.69. The summed E-state index contributed by atoms with van der Waals surface area (Å²) in [5.74, 6) is -0.194. The number of carbonyl (C=O) groups excluding carboxylic acids is 2. The maximum absolute atomic E-state index is 12.0. The Hall–Kier alpha value is -1.84. The van der Waals surface area contributed by atoms with Crippen LogP contribution in [0.4, 0.5) is 0 Å². The average molecular weight is 302 g/mol. The first-order chi connectivity index (χ1) is 10.6. The molecule has 3 unspecified atom stereocenters. The highest BCUT2D eigenvalue weighted by Gasteiger charge is 2.47. The van der Waals surface area contributed by atoms with Gasteiger partial charge in [0.1, 0.15) is 0 Å². The minimum absolute atomic E-state index is 0.0253. The Balaban J connectivity index is 1.62. The molecule has 1 aromatic carbocycles. The maximum Gasteiger partial charge on any atom is 0.224 e. The van der Waals surface area contributed by atoms with E-state index in [2.05, 4.69) is 22.8 Å². The molecular weight excluding hydrogens is 276 g/mol. The zero-order valence-electron chi connectivity index (χ0n) is 13.5. The Labute approximate surface area is 132 Å². The smallest absolute Gasteiger partial charge is 0.224 e. The fraction of sp³-hybridized carbons (Fsp3) is 0.556. The number of nitrogens with one attached hydrogen (secondary N) is 2. The molecule has 2 rings (SSSR count). The van der Waals surface area contributed by atoms with Crippen LogP contribution >= 0.6 is 0 Å². The van der Waals surface area contributed by atoms with E-state index in [9.17, 15) is 9.59 Å². The van der Waals surface area contributed by atoms with Crippen LogP contribution in [-0.2, 0) is 16.0 Å². The highest BCUT2D eigenvalue weighted by Crippen LogP contribution is 2.38. The van der Waals surface area contributed by atoms with Crippen molar-refractivity contribution in [3.8, 4) is 0 Å². The van der Waals surface area contributed by atoms with Crippen LogP contribution in [0, 0.1) is 11.8 Å². The standard InChI is InChI=1S/C18H26N2O2/c1-3-13(2)20-18(22)16-12-15(16)17(21)19-11-7-10-14-8-5-4-6-9-14/h4-6,8-9,13,15-16H,3,7,10-12H2,1-2H3,(H,19,21)(H,20,22). The molecule has 0 bridgehead atoms. The van der Waals surface area contributed by atoms with Crippen LogP contribution in [0.25, 0.3) is 0 Å². The van der Waals surface area contributed by atoms with E-state index < -0.39 is 0 Å². The lowest BCUT2D eigenvalue weighted by Crippen LogP contribution is -2.35. The SMILES string of the molecule is CCC(C)NC(=O)C1CC1C(=O)NCCCc1ccccc1. The van der Waals surface area contributed by atoms with E-state index in [0.29, 0.717) is 13.0 Å². The van der Waals surface area contributed by atoms with Crippen LogP contribution in [0.2, 0.25) is 0 Å². The van der Waals surface area contributed by atoms with Gasteiger partial charge in [0.15, 0.2) is 0 Å². The highest BCUT2D eigenvalue weighted by atomic mass is 16.2. The fourth-order valence-electron chi connectivity index (χ4n) is 2.51. The maximum atomic E-state index is 12.0. The van der Waals surface area contributed by atoms with E-state index in [1.807, 2.05) is 32.0 Å². The van der Waals surface area contributed by atoms with Crippen molar-refractivity contribution in [2.24, 2.45) is 11.8 Å². The normalized spacial score (nSPS) is 21.0. The van der Waals surface area contributed by atoms with Crippen LogP contribution < -0.4 is 10.6 Å². The molecule has 0 radical (unpaired) electrons. The molecule has 22 heavy (non-hydrogen) atoms. The molecule has 120 valence electrons. The second-order valence-electron chi connectivity index (χ2n) is 6.15. The van der Waals surface area contributed by atoms with Gasteiger partial charge in [0.25, 0.3) is 0 Å². The van der Waals surface area contributed by atoms with E-state index in [-0.39, 0.29) is 29.7 Å². The van der Waals surface area contributed by atoms with Gasteiger partial charge in [0, 0.05) is 12.6 Å². The summed E-state index contributed by atoms with van der Waals surface area (Å²) >= 11 is 0. The first kappa shape index (κ1) is 16.5. The minimum Gasteiger partial charge on any atom is -0.356 e. The molecule has 4 nitrogen and oxygen atoms in total. The van der Waals surface area contributed by atoms with E-state index in [1.54, 1.807) is 0 Å². The number of amides is 2. The van der Waals surface area contributed by atoms with Crippen molar-refractivity contribution in [1.82, 2.24) is 10.6 Å². The van der Waals surface area contributed by atoms with Crippen molar-refractivity contribution in [3.63, 3.8) is 0 Å². The van der Waals surface area contributed by atoms with Crippen molar-refractivity contribution in [3.05, 3.63) is 35.9 Å². The molecular formula is C18H26N2O2. The number of benzene rings is 1. The van der Waals surface area contributed by atoms with Crippen LogP contribution in [-0.4, -0.2) is 24.4 Å². The van der Waals surface area contributed by atoms with Gasteiger partial charge in [-0.1, -0.05) is 37.3 Å². The molecule has 1 aromatic rings. The van der Waals surface area contributed by atoms with Gasteiger partial charge >= 0.3 is 0 Å². The Morgan fingerprint density at radius 2 is 1.86 bits per heavy atom. The quantitative estimate of drug-likeness (QED) is 0.724. The summed E-state index contributed by atoms with van der Waals surface area (Å²) in [7, 11) is 0. The third-order valence-corrected chi connectivity index (χ3v) is 4.25. The third kappa shape index (κ3) is 4.86. The van der Waals surface area contributed by atoms with Gasteiger partial charge in [-0.3, -0.25) is 9.59 Å². The summed E-state index contributed by atoms with van der Waals surface area (Å²) in [6, 6.07) is 10.4. The van der Waals surface area contributed by atoms with Crippen LogP contribution in [0.3, 0.4) is 0 Å². The van der Waals surface area contributed by atoms with Crippen molar-refractivity contribution < 1.29 is 9.59 Å². The highest BCUT2D eigenvalue weighted by molar-refractivity contribution is 5.92. The van der Waals surface area contributed by atoms with Crippen molar-refractivity contribution in [2.75, 3.05) is 6.54 Å². The summed E-state index contributed by atoms with van der Waals surface area (Å²) < 4.78 is 0. The molecule has 2 N–H and O–H groups in total. The number of aryl methyl sites for hydroxylation is 1. The van der Waals surface area contributed by atoms with E-state index in [4.69, 9.17) is 0 Å². The number of carbonyl (C=O) groups is 2. The molecule has 1 saturated carbocycles. The topological polar surface area (TPSA) is 58.2 Å². The van der Waals surface area contributed by atoms with E-state index >= 15 is 0 Å². The van der Waals surface area contributed by atoms with Crippen LogP contribution in [0.15, 0.2) is 30.3 Å². The Kier molecular flexibility index (Phi) is 5.99. The molecule has 0 aromatic heterocycles. The molecule has 0 spiro atoms. The lowest BCUT2D eigenvalue weighted by Gasteiger charge is -2.11. The first-order valence-electron chi connectivity index (χ1n) is 8.23. The van der Waals surface area contributed by atoms with Gasteiger partial charge in [-0.05, 0) is 38.2 Å². The Bertz CT molecular complexity index is 501. The second kappa shape index (κ2) is 7.97. The predicted octanol–water partition coefficient (Wildman–Crippen LogP) is 2.29. The van der Waals surface area contributed by atoms with Gasteiger partial charge < -0.3 is 10.6 Å². The lowest BCUT2D eigenvalue weighted by atomic mass is 10.1. The monoisotopic (exact) mass is 302 g/mol. The molecule has 0 aliphatic heterocycles. The molecule has 4 heteroatoms. The van der Waals surface area contributed by atoms with Crippen LogP contribution in [0.5, 0.6) is 0 Å².